The van der Waals surface area contributed by atoms with E-state index >= 15 is 0 Å². The summed E-state index contributed by atoms with van der Waals surface area (Å²) in [5, 5.41) is 0. The normalized spacial score (nSPS) is 13.8. The zero-order chi connectivity index (χ0) is 25.0. The molecular formula is C34H27N3. The molecule has 0 spiro atoms. The van der Waals surface area contributed by atoms with Gasteiger partial charge in [-0.1, -0.05) is 92.7 Å². The van der Waals surface area contributed by atoms with E-state index in [2.05, 4.69) is 145 Å². The fourth-order valence-electron chi connectivity index (χ4n) is 5.79. The first kappa shape index (κ1) is 21.6. The highest BCUT2D eigenvalue weighted by Gasteiger charge is 2.36. The Labute approximate surface area is 217 Å². The molecule has 3 nitrogen and oxygen atoms in total. The first-order valence-corrected chi connectivity index (χ1v) is 12.8. The van der Waals surface area contributed by atoms with Crippen molar-refractivity contribution in [1.82, 2.24) is 9.55 Å². The van der Waals surface area contributed by atoms with Crippen molar-refractivity contribution in [1.29, 1.82) is 0 Å². The first-order chi connectivity index (χ1) is 18.1. The minimum absolute atomic E-state index is 0.0808. The number of hydrogen-bond donors (Lipinski definition) is 0. The van der Waals surface area contributed by atoms with Crippen LogP contribution in [0.3, 0.4) is 0 Å². The Bertz CT molecular complexity index is 1710. The van der Waals surface area contributed by atoms with Gasteiger partial charge in [0.2, 0.25) is 0 Å². The number of benzene rings is 5. The number of fused-ring (bicyclic) bond motifs is 3. The summed E-state index contributed by atoms with van der Waals surface area (Å²) in [5.41, 5.74) is 10.4. The maximum Gasteiger partial charge on any atom is 0.145 e. The van der Waals surface area contributed by atoms with Crippen LogP contribution >= 0.6 is 0 Å². The Morgan fingerprint density at radius 1 is 0.568 bits per heavy atom. The molecule has 0 radical (unpaired) electrons. The van der Waals surface area contributed by atoms with Crippen LogP contribution in [0, 0.1) is 0 Å². The third-order valence-electron chi connectivity index (χ3n) is 7.57. The van der Waals surface area contributed by atoms with Crippen molar-refractivity contribution in [3.05, 3.63) is 139 Å². The number of para-hydroxylation sites is 5. The van der Waals surface area contributed by atoms with Gasteiger partial charge < -0.3 is 4.90 Å². The molecule has 5 aromatic carbocycles. The molecule has 0 saturated heterocycles. The van der Waals surface area contributed by atoms with Gasteiger partial charge in [-0.3, -0.25) is 4.57 Å². The minimum Gasteiger partial charge on any atom is -0.310 e. The molecule has 0 atom stereocenters. The van der Waals surface area contributed by atoms with E-state index < -0.39 is 0 Å². The second-order valence-electron chi connectivity index (χ2n) is 10.1. The van der Waals surface area contributed by atoms with E-state index in [-0.39, 0.29) is 5.41 Å². The molecule has 0 N–H and O–H groups in total. The van der Waals surface area contributed by atoms with Gasteiger partial charge in [0.25, 0.3) is 0 Å². The second-order valence-corrected chi connectivity index (χ2v) is 10.1. The third kappa shape index (κ3) is 3.31. The van der Waals surface area contributed by atoms with Crippen LogP contribution in [-0.4, -0.2) is 9.55 Å². The molecule has 0 fully saturated rings. The molecule has 1 aliphatic heterocycles. The van der Waals surface area contributed by atoms with Crippen molar-refractivity contribution in [3.63, 3.8) is 0 Å². The molecule has 1 aromatic heterocycles. The SMILES string of the molecule is CC1(C)c2ccccc2N(c2cccc(-c3nc4ccccc4n3-c3ccccc3)c2)c2ccccc21. The Morgan fingerprint density at radius 3 is 1.89 bits per heavy atom. The van der Waals surface area contributed by atoms with Gasteiger partial charge in [0.15, 0.2) is 0 Å². The topological polar surface area (TPSA) is 21.1 Å². The van der Waals surface area contributed by atoms with Crippen molar-refractivity contribution in [2.24, 2.45) is 0 Å². The van der Waals surface area contributed by atoms with Gasteiger partial charge >= 0.3 is 0 Å². The van der Waals surface area contributed by atoms with Crippen LogP contribution in [0.15, 0.2) is 127 Å². The molecule has 0 unspecified atom stereocenters. The molecule has 3 heteroatoms. The number of imidazole rings is 1. The molecule has 0 saturated carbocycles. The third-order valence-corrected chi connectivity index (χ3v) is 7.57. The van der Waals surface area contributed by atoms with Crippen LogP contribution in [0.1, 0.15) is 25.0 Å². The van der Waals surface area contributed by atoms with Gasteiger partial charge in [-0.15, -0.1) is 0 Å². The predicted octanol–water partition coefficient (Wildman–Crippen LogP) is 8.80. The van der Waals surface area contributed by atoms with Gasteiger partial charge in [0.05, 0.1) is 22.4 Å². The Hall–Kier alpha value is -4.63. The average molecular weight is 478 g/mol. The van der Waals surface area contributed by atoms with Gasteiger partial charge in [-0.05, 0) is 59.7 Å². The largest absolute Gasteiger partial charge is 0.310 e. The van der Waals surface area contributed by atoms with Crippen LogP contribution in [0.25, 0.3) is 28.1 Å². The summed E-state index contributed by atoms with van der Waals surface area (Å²) in [7, 11) is 0. The Kier molecular flexibility index (Phi) is 4.80. The summed E-state index contributed by atoms with van der Waals surface area (Å²) >= 11 is 0. The summed E-state index contributed by atoms with van der Waals surface area (Å²) in [6, 6.07) is 45.2. The molecule has 0 aliphatic carbocycles. The van der Waals surface area contributed by atoms with Crippen molar-refractivity contribution in [3.8, 4) is 17.1 Å². The zero-order valence-corrected chi connectivity index (χ0v) is 21.0. The van der Waals surface area contributed by atoms with Crippen LogP contribution < -0.4 is 4.90 Å². The van der Waals surface area contributed by atoms with Crippen molar-refractivity contribution >= 4 is 28.1 Å². The van der Waals surface area contributed by atoms with Crippen molar-refractivity contribution < 1.29 is 0 Å². The zero-order valence-electron chi connectivity index (χ0n) is 21.0. The van der Waals surface area contributed by atoms with E-state index in [0.717, 1.165) is 33.8 Å². The predicted molar refractivity (Wildman–Crippen MR) is 153 cm³/mol. The number of aromatic nitrogens is 2. The number of nitrogens with zero attached hydrogens (tertiary/aromatic N) is 3. The van der Waals surface area contributed by atoms with Gasteiger partial charge in [-0.25, -0.2) is 4.98 Å². The fraction of sp³-hybridized carbons (Fsp3) is 0.0882. The van der Waals surface area contributed by atoms with E-state index in [4.69, 9.17) is 4.98 Å². The lowest BCUT2D eigenvalue weighted by Gasteiger charge is -2.42. The Morgan fingerprint density at radius 2 is 1.16 bits per heavy atom. The number of rotatable bonds is 3. The molecule has 0 bridgehead atoms. The van der Waals surface area contributed by atoms with E-state index in [1.165, 1.54) is 22.5 Å². The molecule has 1 aliphatic rings. The van der Waals surface area contributed by atoms with Crippen LogP contribution in [-0.2, 0) is 5.41 Å². The van der Waals surface area contributed by atoms with E-state index in [9.17, 15) is 0 Å². The molecule has 0 amide bonds. The summed E-state index contributed by atoms with van der Waals surface area (Å²) in [4.78, 5) is 7.50. The van der Waals surface area contributed by atoms with Crippen LogP contribution in [0.5, 0.6) is 0 Å². The lowest BCUT2D eigenvalue weighted by molar-refractivity contribution is 0.632. The molecular weight excluding hydrogens is 450 g/mol. The highest BCUT2D eigenvalue weighted by Crippen LogP contribution is 2.51. The fourth-order valence-corrected chi connectivity index (χ4v) is 5.79. The van der Waals surface area contributed by atoms with Crippen molar-refractivity contribution in [2.45, 2.75) is 19.3 Å². The number of anilines is 3. The molecule has 2 heterocycles. The van der Waals surface area contributed by atoms with Gasteiger partial charge in [-0.2, -0.15) is 0 Å². The van der Waals surface area contributed by atoms with Crippen molar-refractivity contribution in [2.75, 3.05) is 4.90 Å². The number of hydrogen-bond acceptors (Lipinski definition) is 2. The lowest BCUT2D eigenvalue weighted by Crippen LogP contribution is -2.30. The summed E-state index contributed by atoms with van der Waals surface area (Å²) in [5.74, 6) is 0.938. The molecule has 178 valence electrons. The second kappa shape index (κ2) is 8.21. The quantitative estimate of drug-likeness (QED) is 0.254. The monoisotopic (exact) mass is 477 g/mol. The minimum atomic E-state index is -0.0808. The summed E-state index contributed by atoms with van der Waals surface area (Å²) in [6.07, 6.45) is 0. The maximum atomic E-state index is 5.10. The molecule has 37 heavy (non-hydrogen) atoms. The average Bonchev–Trinajstić information content (AvgIpc) is 3.34. The summed E-state index contributed by atoms with van der Waals surface area (Å²) < 4.78 is 2.26. The van der Waals surface area contributed by atoms with Crippen LogP contribution in [0.4, 0.5) is 17.1 Å². The van der Waals surface area contributed by atoms with E-state index in [0.29, 0.717) is 0 Å². The smallest absolute Gasteiger partial charge is 0.145 e. The first-order valence-electron chi connectivity index (χ1n) is 12.8. The Balaban J connectivity index is 1.45. The standard InChI is InChI=1S/C34H27N3/c1-34(2)27-17-6-9-20-30(27)36(31-21-10-7-18-28(31)34)26-16-12-13-24(23-26)33-35-29-19-8-11-22-32(29)37(33)25-14-4-3-5-15-25/h3-23H,1-2H3. The highest BCUT2D eigenvalue weighted by atomic mass is 15.2. The summed E-state index contributed by atoms with van der Waals surface area (Å²) in [6.45, 7) is 4.64. The van der Waals surface area contributed by atoms with Gasteiger partial charge in [0, 0.05) is 22.4 Å². The molecule has 7 rings (SSSR count). The van der Waals surface area contributed by atoms with E-state index in [1.54, 1.807) is 0 Å². The highest BCUT2D eigenvalue weighted by molar-refractivity contribution is 5.88. The molecule has 6 aromatic rings. The maximum absolute atomic E-state index is 5.10. The van der Waals surface area contributed by atoms with Gasteiger partial charge in [0.1, 0.15) is 5.82 Å². The van der Waals surface area contributed by atoms with Crippen LogP contribution in [0.2, 0.25) is 0 Å². The van der Waals surface area contributed by atoms with E-state index in [1.807, 2.05) is 6.07 Å². The lowest BCUT2D eigenvalue weighted by atomic mass is 9.73.